The average molecular weight is 462 g/mol. The normalized spacial score (nSPS) is 18.6. The van der Waals surface area contributed by atoms with Crippen LogP contribution in [0.2, 0.25) is 0 Å². The Morgan fingerprint density at radius 2 is 1.88 bits per heavy atom. The van der Waals surface area contributed by atoms with E-state index in [-0.39, 0.29) is 12.5 Å². The van der Waals surface area contributed by atoms with Gasteiger partial charge in [0.1, 0.15) is 5.60 Å². The molecule has 0 amide bonds. The third-order valence-electron chi connectivity index (χ3n) is 5.74. The van der Waals surface area contributed by atoms with Crippen molar-refractivity contribution in [2.24, 2.45) is 0 Å². The first-order valence-corrected chi connectivity index (χ1v) is 10.5. The Morgan fingerprint density at radius 1 is 1.21 bits per heavy atom. The highest BCUT2D eigenvalue weighted by Gasteiger charge is 2.59. The first-order valence-electron chi connectivity index (χ1n) is 10.5. The lowest BCUT2D eigenvalue weighted by atomic mass is 10.00. The van der Waals surface area contributed by atoms with Crippen LogP contribution in [-0.2, 0) is 17.8 Å². The number of halogens is 3. The molecule has 0 radical (unpaired) electrons. The minimum absolute atomic E-state index is 0.0473. The van der Waals surface area contributed by atoms with Crippen LogP contribution in [0.25, 0.3) is 10.9 Å². The molecular weight excluding hydrogens is 437 g/mol. The summed E-state index contributed by atoms with van der Waals surface area (Å²) in [5.41, 5.74) is -2.30. The Kier molecular flexibility index (Phi) is 5.10. The van der Waals surface area contributed by atoms with Crippen LogP contribution in [0.15, 0.2) is 41.3 Å². The van der Waals surface area contributed by atoms with Crippen LogP contribution in [0.5, 0.6) is 0 Å². The number of fused-ring (bicyclic) bond motifs is 2. The summed E-state index contributed by atoms with van der Waals surface area (Å²) in [6, 6.07) is 8.15. The molecule has 0 saturated heterocycles. The van der Waals surface area contributed by atoms with Gasteiger partial charge in [-0.25, -0.2) is 9.78 Å². The molecule has 33 heavy (non-hydrogen) atoms. The van der Waals surface area contributed by atoms with Gasteiger partial charge >= 0.3 is 12.3 Å². The van der Waals surface area contributed by atoms with Crippen LogP contribution >= 0.6 is 0 Å². The van der Waals surface area contributed by atoms with Crippen molar-refractivity contribution in [1.82, 2.24) is 14.1 Å². The standard InChI is InChI=1S/C23H25F3N4O3/c1-14-10-18(31)29-13-22(5,23(24,25)26)30(19(29)27-14)12-15-11-28(20(32)33-21(2,3)4)17-9-7-6-8-16(15)17/h6-11H,12-13H2,1-5H3. The second kappa shape index (κ2) is 7.36. The number of ether oxygens (including phenoxy) is 1. The molecular formula is C23H25F3N4O3. The second-order valence-corrected chi connectivity index (χ2v) is 9.50. The Bertz CT molecular complexity index is 1300. The zero-order valence-corrected chi connectivity index (χ0v) is 19.0. The summed E-state index contributed by atoms with van der Waals surface area (Å²) in [4.78, 5) is 30.6. The number of aryl methyl sites for hydroxylation is 1. The van der Waals surface area contributed by atoms with E-state index in [0.29, 0.717) is 22.2 Å². The molecule has 176 valence electrons. The fourth-order valence-electron chi connectivity index (χ4n) is 4.07. The Hall–Kier alpha value is -3.30. The molecule has 0 aliphatic carbocycles. The van der Waals surface area contributed by atoms with E-state index in [1.807, 2.05) is 0 Å². The molecule has 1 aliphatic heterocycles. The number of para-hydroxylation sites is 1. The molecule has 2 aromatic heterocycles. The SMILES string of the molecule is Cc1cc(=O)n2c(n1)N(Cc1cn(C(=O)OC(C)(C)C)c3ccccc13)C(C)(C(F)(F)F)C2. The van der Waals surface area contributed by atoms with Crippen LogP contribution in [-0.4, -0.2) is 37.5 Å². The molecule has 1 atom stereocenters. The van der Waals surface area contributed by atoms with Gasteiger partial charge < -0.3 is 9.64 Å². The van der Waals surface area contributed by atoms with Crippen molar-refractivity contribution in [2.45, 2.75) is 65.0 Å². The molecule has 4 rings (SSSR count). The van der Waals surface area contributed by atoms with Gasteiger partial charge in [-0.1, -0.05) is 18.2 Å². The lowest BCUT2D eigenvalue weighted by Gasteiger charge is -2.36. The van der Waals surface area contributed by atoms with Crippen molar-refractivity contribution in [1.29, 1.82) is 0 Å². The van der Waals surface area contributed by atoms with Crippen molar-refractivity contribution < 1.29 is 22.7 Å². The minimum Gasteiger partial charge on any atom is -0.443 e. The van der Waals surface area contributed by atoms with Gasteiger partial charge in [-0.05, 0) is 46.2 Å². The fourth-order valence-corrected chi connectivity index (χ4v) is 4.07. The monoisotopic (exact) mass is 462 g/mol. The Labute approximate surface area is 188 Å². The van der Waals surface area contributed by atoms with Crippen molar-refractivity contribution in [3.05, 3.63) is 58.1 Å². The van der Waals surface area contributed by atoms with Gasteiger partial charge in [0.15, 0.2) is 5.54 Å². The average Bonchev–Trinajstić information content (AvgIpc) is 3.18. The third-order valence-corrected chi connectivity index (χ3v) is 5.74. The van der Waals surface area contributed by atoms with Crippen molar-refractivity contribution in [2.75, 3.05) is 4.90 Å². The topological polar surface area (TPSA) is 69.4 Å². The summed E-state index contributed by atoms with van der Waals surface area (Å²) in [6.45, 7) is 7.06. The van der Waals surface area contributed by atoms with E-state index >= 15 is 0 Å². The second-order valence-electron chi connectivity index (χ2n) is 9.50. The molecule has 0 N–H and O–H groups in total. The predicted molar refractivity (Wildman–Crippen MR) is 117 cm³/mol. The van der Waals surface area contributed by atoms with Gasteiger partial charge in [0.2, 0.25) is 5.95 Å². The van der Waals surface area contributed by atoms with E-state index in [4.69, 9.17) is 4.74 Å². The van der Waals surface area contributed by atoms with Crippen molar-refractivity contribution in [3.63, 3.8) is 0 Å². The van der Waals surface area contributed by atoms with E-state index in [0.717, 1.165) is 16.4 Å². The van der Waals surface area contributed by atoms with Gasteiger partial charge in [0.25, 0.3) is 5.56 Å². The number of anilines is 1. The molecule has 3 heterocycles. The van der Waals surface area contributed by atoms with Crippen LogP contribution < -0.4 is 10.5 Å². The molecule has 3 aromatic rings. The van der Waals surface area contributed by atoms with Gasteiger partial charge in [0, 0.05) is 29.9 Å². The zero-order chi connectivity index (χ0) is 24.3. The first-order chi connectivity index (χ1) is 15.2. The highest BCUT2D eigenvalue weighted by Crippen LogP contribution is 2.44. The van der Waals surface area contributed by atoms with Crippen molar-refractivity contribution in [3.8, 4) is 0 Å². The number of carbonyl (C=O) groups excluding carboxylic acids is 1. The smallest absolute Gasteiger partial charge is 0.419 e. The summed E-state index contributed by atoms with van der Waals surface area (Å²) < 4.78 is 50.6. The first kappa shape index (κ1) is 22.9. The van der Waals surface area contributed by atoms with E-state index in [2.05, 4.69) is 4.98 Å². The zero-order valence-electron chi connectivity index (χ0n) is 19.0. The number of nitrogens with zero attached hydrogens (tertiary/aromatic N) is 4. The number of rotatable bonds is 2. The molecule has 7 nitrogen and oxygen atoms in total. The van der Waals surface area contributed by atoms with Crippen LogP contribution in [0.4, 0.5) is 23.9 Å². The van der Waals surface area contributed by atoms with Crippen molar-refractivity contribution >= 4 is 22.9 Å². The van der Waals surface area contributed by atoms with E-state index < -0.39 is 35.5 Å². The number of hydrogen-bond acceptors (Lipinski definition) is 5. The van der Waals surface area contributed by atoms with Crippen LogP contribution in [0.3, 0.4) is 0 Å². The van der Waals surface area contributed by atoms with Gasteiger partial charge in [-0.3, -0.25) is 13.9 Å². The number of carbonyl (C=O) groups is 1. The Balaban J connectivity index is 1.85. The summed E-state index contributed by atoms with van der Waals surface area (Å²) in [5, 5.41) is 0.612. The number of aromatic nitrogens is 3. The largest absolute Gasteiger partial charge is 0.443 e. The van der Waals surface area contributed by atoms with Gasteiger partial charge in [0.05, 0.1) is 12.1 Å². The van der Waals surface area contributed by atoms with Gasteiger partial charge in [-0.2, -0.15) is 13.2 Å². The maximum absolute atomic E-state index is 14.3. The molecule has 0 fully saturated rings. The summed E-state index contributed by atoms with van der Waals surface area (Å²) in [5.74, 6) is -0.0473. The highest BCUT2D eigenvalue weighted by molar-refractivity contribution is 5.92. The summed E-state index contributed by atoms with van der Waals surface area (Å²) >= 11 is 0. The summed E-state index contributed by atoms with van der Waals surface area (Å²) in [6.07, 6.45) is -3.77. The molecule has 0 bridgehead atoms. The predicted octanol–water partition coefficient (Wildman–Crippen LogP) is 4.63. The van der Waals surface area contributed by atoms with Crippen LogP contribution in [0.1, 0.15) is 39.0 Å². The Morgan fingerprint density at radius 3 is 2.52 bits per heavy atom. The maximum Gasteiger partial charge on any atom is 0.419 e. The summed E-state index contributed by atoms with van der Waals surface area (Å²) in [7, 11) is 0. The quantitative estimate of drug-likeness (QED) is 0.556. The number of benzene rings is 1. The van der Waals surface area contributed by atoms with E-state index in [1.165, 1.54) is 16.8 Å². The van der Waals surface area contributed by atoms with Gasteiger partial charge in [-0.15, -0.1) is 0 Å². The number of alkyl halides is 3. The van der Waals surface area contributed by atoms with E-state index in [9.17, 15) is 22.8 Å². The van der Waals surface area contributed by atoms with E-state index in [1.54, 1.807) is 52.0 Å². The number of hydrogen-bond donors (Lipinski definition) is 0. The molecule has 0 saturated carbocycles. The van der Waals surface area contributed by atoms with Crippen LogP contribution in [0, 0.1) is 6.92 Å². The maximum atomic E-state index is 14.3. The fraction of sp³-hybridized carbons (Fsp3) is 0.435. The third kappa shape index (κ3) is 3.87. The molecule has 0 spiro atoms. The highest BCUT2D eigenvalue weighted by atomic mass is 19.4. The molecule has 1 aromatic carbocycles. The lowest BCUT2D eigenvalue weighted by Crippen LogP contribution is -2.55. The lowest BCUT2D eigenvalue weighted by molar-refractivity contribution is -0.182. The minimum atomic E-state index is -4.63. The molecule has 10 heteroatoms. The molecule has 1 aliphatic rings. The molecule has 1 unspecified atom stereocenters.